The van der Waals surface area contributed by atoms with Gasteiger partial charge in [0, 0.05) is 18.8 Å². The van der Waals surface area contributed by atoms with Crippen LogP contribution in [0.4, 0.5) is 13.2 Å². The molecule has 6 heteroatoms. The molecule has 17 heavy (non-hydrogen) atoms. The van der Waals surface area contributed by atoms with Crippen molar-refractivity contribution in [1.82, 2.24) is 9.88 Å². The molecule has 1 aromatic heterocycles. The van der Waals surface area contributed by atoms with Gasteiger partial charge in [-0.15, -0.1) is 0 Å². The molecule has 0 aromatic carbocycles. The van der Waals surface area contributed by atoms with E-state index in [0.29, 0.717) is 5.69 Å². The highest BCUT2D eigenvalue weighted by atomic mass is 19.4. The molecule has 3 nitrogen and oxygen atoms in total. The van der Waals surface area contributed by atoms with Gasteiger partial charge in [-0.05, 0) is 26.8 Å². The Bertz CT molecular complexity index is 433. The van der Waals surface area contributed by atoms with Crippen molar-refractivity contribution >= 4 is 5.91 Å². The van der Waals surface area contributed by atoms with Crippen LogP contribution in [0.5, 0.6) is 0 Å². The van der Waals surface area contributed by atoms with Crippen LogP contribution in [-0.4, -0.2) is 16.5 Å². The van der Waals surface area contributed by atoms with E-state index in [1.54, 1.807) is 13.8 Å². The Morgan fingerprint density at radius 3 is 2.35 bits per heavy atom. The number of alkyl halides is 3. The maximum Gasteiger partial charge on any atom is 0.432 e. The van der Waals surface area contributed by atoms with Crippen molar-refractivity contribution in [2.24, 2.45) is 7.05 Å². The first kappa shape index (κ1) is 13.6. The number of hydrogen-bond donors (Lipinski definition) is 1. The number of aromatic nitrogens is 1. The van der Waals surface area contributed by atoms with Crippen molar-refractivity contribution in [3.8, 4) is 0 Å². The lowest BCUT2D eigenvalue weighted by atomic mass is 10.2. The highest BCUT2D eigenvalue weighted by Crippen LogP contribution is 2.33. The third kappa shape index (κ3) is 2.81. The van der Waals surface area contributed by atoms with Gasteiger partial charge in [0.1, 0.15) is 5.69 Å². The molecule has 0 aliphatic carbocycles. The standard InChI is InChI=1S/C11H15F3N2O/c1-6(2)15-10(17)8-5-7(3)16(4)9(8)11(12,13)14/h5-6H,1-4H3,(H,15,17). The highest BCUT2D eigenvalue weighted by Gasteiger charge is 2.39. The van der Waals surface area contributed by atoms with E-state index in [0.717, 1.165) is 4.57 Å². The van der Waals surface area contributed by atoms with Crippen molar-refractivity contribution in [2.75, 3.05) is 0 Å². The van der Waals surface area contributed by atoms with Crippen LogP contribution in [0.15, 0.2) is 6.07 Å². The second kappa shape index (κ2) is 4.43. The summed E-state index contributed by atoms with van der Waals surface area (Å²) in [5, 5.41) is 2.46. The van der Waals surface area contributed by atoms with Crippen molar-refractivity contribution in [3.05, 3.63) is 23.0 Å². The van der Waals surface area contributed by atoms with E-state index in [2.05, 4.69) is 5.32 Å². The summed E-state index contributed by atoms with van der Waals surface area (Å²) < 4.78 is 39.4. The summed E-state index contributed by atoms with van der Waals surface area (Å²) in [7, 11) is 1.30. The maximum absolute atomic E-state index is 12.8. The minimum absolute atomic E-state index is 0.205. The van der Waals surface area contributed by atoms with Crippen LogP contribution < -0.4 is 5.32 Å². The number of aryl methyl sites for hydroxylation is 1. The molecule has 0 saturated carbocycles. The van der Waals surface area contributed by atoms with E-state index < -0.39 is 17.8 Å². The fourth-order valence-electron chi connectivity index (χ4n) is 1.59. The van der Waals surface area contributed by atoms with Crippen LogP contribution in [0.25, 0.3) is 0 Å². The summed E-state index contributed by atoms with van der Waals surface area (Å²) in [6, 6.07) is 1.05. The van der Waals surface area contributed by atoms with E-state index in [9.17, 15) is 18.0 Å². The molecule has 0 atom stereocenters. The Morgan fingerprint density at radius 1 is 1.41 bits per heavy atom. The Morgan fingerprint density at radius 2 is 1.94 bits per heavy atom. The zero-order valence-corrected chi connectivity index (χ0v) is 10.1. The van der Waals surface area contributed by atoms with Gasteiger partial charge in [0.15, 0.2) is 0 Å². The summed E-state index contributed by atoms with van der Waals surface area (Å²) in [6.45, 7) is 4.92. The minimum Gasteiger partial charge on any atom is -0.350 e. The Hall–Kier alpha value is -1.46. The van der Waals surface area contributed by atoms with Crippen molar-refractivity contribution < 1.29 is 18.0 Å². The van der Waals surface area contributed by atoms with Gasteiger partial charge < -0.3 is 9.88 Å². The number of hydrogen-bond acceptors (Lipinski definition) is 1. The van der Waals surface area contributed by atoms with Gasteiger partial charge in [-0.1, -0.05) is 0 Å². The molecular formula is C11H15F3N2O. The van der Waals surface area contributed by atoms with Crippen LogP contribution >= 0.6 is 0 Å². The molecule has 1 rings (SSSR count). The van der Waals surface area contributed by atoms with E-state index >= 15 is 0 Å². The van der Waals surface area contributed by atoms with Gasteiger partial charge in [-0.25, -0.2) is 0 Å². The molecule has 0 aliphatic rings. The zero-order chi connectivity index (χ0) is 13.4. The van der Waals surface area contributed by atoms with Gasteiger partial charge in [0.2, 0.25) is 0 Å². The first-order valence-corrected chi connectivity index (χ1v) is 5.19. The van der Waals surface area contributed by atoms with Gasteiger partial charge in [-0.3, -0.25) is 4.79 Å². The van der Waals surface area contributed by atoms with Crippen molar-refractivity contribution in [1.29, 1.82) is 0 Å². The molecule has 0 fully saturated rings. The molecule has 0 saturated heterocycles. The van der Waals surface area contributed by atoms with E-state index in [-0.39, 0.29) is 11.6 Å². The van der Waals surface area contributed by atoms with Crippen LogP contribution in [0.1, 0.15) is 35.6 Å². The number of amides is 1. The van der Waals surface area contributed by atoms with E-state index in [1.807, 2.05) is 0 Å². The van der Waals surface area contributed by atoms with Gasteiger partial charge >= 0.3 is 6.18 Å². The number of rotatable bonds is 2. The number of carbonyl (C=O) groups excluding carboxylic acids is 1. The molecule has 0 bridgehead atoms. The van der Waals surface area contributed by atoms with Crippen LogP contribution in [0.2, 0.25) is 0 Å². The molecule has 96 valence electrons. The smallest absolute Gasteiger partial charge is 0.350 e. The average molecular weight is 248 g/mol. The van der Waals surface area contributed by atoms with Crippen molar-refractivity contribution in [2.45, 2.75) is 33.0 Å². The lowest BCUT2D eigenvalue weighted by Gasteiger charge is -2.13. The van der Waals surface area contributed by atoms with Gasteiger partial charge in [-0.2, -0.15) is 13.2 Å². The fourth-order valence-corrected chi connectivity index (χ4v) is 1.59. The Kier molecular flexibility index (Phi) is 3.54. The second-order valence-corrected chi connectivity index (χ2v) is 4.23. The Labute approximate surface area is 97.6 Å². The predicted molar refractivity (Wildman–Crippen MR) is 57.8 cm³/mol. The summed E-state index contributed by atoms with van der Waals surface area (Å²) in [4.78, 5) is 11.7. The normalized spacial score (nSPS) is 12.0. The summed E-state index contributed by atoms with van der Waals surface area (Å²) in [6.07, 6.45) is -4.54. The van der Waals surface area contributed by atoms with E-state index in [4.69, 9.17) is 0 Å². The second-order valence-electron chi connectivity index (χ2n) is 4.23. The molecule has 0 spiro atoms. The Balaban J connectivity index is 3.25. The molecule has 0 radical (unpaired) electrons. The topological polar surface area (TPSA) is 34.0 Å². The lowest BCUT2D eigenvalue weighted by Crippen LogP contribution is -2.31. The quantitative estimate of drug-likeness (QED) is 0.857. The lowest BCUT2D eigenvalue weighted by molar-refractivity contribution is -0.143. The third-order valence-corrected chi connectivity index (χ3v) is 2.41. The number of carbonyl (C=O) groups is 1. The molecule has 1 amide bonds. The fraction of sp³-hybridized carbons (Fsp3) is 0.545. The highest BCUT2D eigenvalue weighted by molar-refractivity contribution is 5.96. The van der Waals surface area contributed by atoms with Crippen molar-refractivity contribution in [3.63, 3.8) is 0 Å². The zero-order valence-electron chi connectivity index (χ0n) is 10.1. The molecule has 1 N–H and O–H groups in total. The first-order valence-electron chi connectivity index (χ1n) is 5.19. The van der Waals surface area contributed by atoms with Gasteiger partial charge in [0.05, 0.1) is 5.56 Å². The van der Waals surface area contributed by atoms with Crippen LogP contribution in [-0.2, 0) is 13.2 Å². The summed E-state index contributed by atoms with van der Waals surface area (Å²) in [5.41, 5.74) is -0.842. The van der Waals surface area contributed by atoms with Crippen LogP contribution in [0, 0.1) is 6.92 Å². The minimum atomic E-state index is -4.54. The molecule has 0 unspecified atom stereocenters. The van der Waals surface area contributed by atoms with Gasteiger partial charge in [0.25, 0.3) is 5.91 Å². The summed E-state index contributed by atoms with van der Waals surface area (Å²) in [5.74, 6) is -0.698. The average Bonchev–Trinajstić information content (AvgIpc) is 2.41. The number of halogens is 3. The molecular weight excluding hydrogens is 233 g/mol. The largest absolute Gasteiger partial charge is 0.432 e. The predicted octanol–water partition coefficient (Wildman–Crippen LogP) is 2.49. The first-order chi connectivity index (χ1) is 7.64. The van der Waals surface area contributed by atoms with E-state index in [1.165, 1.54) is 20.0 Å². The number of nitrogens with zero attached hydrogens (tertiary/aromatic N) is 1. The molecule has 1 aromatic rings. The molecule has 0 aliphatic heterocycles. The monoisotopic (exact) mass is 248 g/mol. The number of nitrogens with one attached hydrogen (secondary N) is 1. The van der Waals surface area contributed by atoms with Crippen LogP contribution in [0.3, 0.4) is 0 Å². The maximum atomic E-state index is 12.8. The molecule has 1 heterocycles. The third-order valence-electron chi connectivity index (χ3n) is 2.41. The SMILES string of the molecule is Cc1cc(C(=O)NC(C)C)c(C(F)(F)F)n1C. The summed E-state index contributed by atoms with van der Waals surface area (Å²) >= 11 is 0.